The van der Waals surface area contributed by atoms with E-state index < -0.39 is 24.3 Å². The first-order chi connectivity index (χ1) is 16.0. The van der Waals surface area contributed by atoms with E-state index in [9.17, 15) is 14.3 Å². The number of rotatable bonds is 9. The average molecular weight is 451 g/mol. The number of ether oxygens (including phenoxy) is 3. The predicted octanol–water partition coefficient (Wildman–Crippen LogP) is 5.08. The molecule has 0 radical (unpaired) electrons. The molecule has 0 aromatic heterocycles. The largest absolute Gasteiger partial charge is 0.497 e. The van der Waals surface area contributed by atoms with E-state index in [1.165, 1.54) is 12.1 Å². The van der Waals surface area contributed by atoms with E-state index in [0.717, 1.165) is 11.1 Å². The molecule has 172 valence electrons. The molecule has 0 bridgehead atoms. The molecule has 3 aromatic carbocycles. The van der Waals surface area contributed by atoms with Gasteiger partial charge in [-0.05, 0) is 48.2 Å². The lowest BCUT2D eigenvalue weighted by Gasteiger charge is -2.22. The topological polar surface area (TPSA) is 77.0 Å². The van der Waals surface area contributed by atoms with Gasteiger partial charge in [0.25, 0.3) is 0 Å². The van der Waals surface area contributed by atoms with Crippen molar-refractivity contribution >= 4 is 6.09 Å². The molecule has 1 amide bonds. The van der Waals surface area contributed by atoms with Crippen LogP contribution in [0.1, 0.15) is 41.7 Å². The van der Waals surface area contributed by atoms with E-state index in [1.54, 1.807) is 31.4 Å². The fourth-order valence-electron chi connectivity index (χ4n) is 3.90. The van der Waals surface area contributed by atoms with Crippen LogP contribution in [0.5, 0.6) is 11.5 Å². The molecule has 0 saturated carbocycles. The van der Waals surface area contributed by atoms with Crippen LogP contribution >= 0.6 is 0 Å². The number of aliphatic hydroxyl groups excluding tert-OH is 1. The van der Waals surface area contributed by atoms with E-state index in [2.05, 4.69) is 5.32 Å². The number of hydrogen-bond donors (Lipinski definition) is 2. The second-order valence-electron chi connectivity index (χ2n) is 7.89. The zero-order valence-electron chi connectivity index (χ0n) is 18.2. The van der Waals surface area contributed by atoms with Crippen LogP contribution in [0.15, 0.2) is 72.8 Å². The maximum Gasteiger partial charge on any atom is 0.408 e. The van der Waals surface area contributed by atoms with Crippen LogP contribution in [-0.4, -0.2) is 24.4 Å². The van der Waals surface area contributed by atoms with Crippen LogP contribution in [-0.2, 0) is 11.3 Å². The number of aliphatic hydroxyl groups is 1. The van der Waals surface area contributed by atoms with Gasteiger partial charge in [0.1, 0.15) is 30.0 Å². The van der Waals surface area contributed by atoms with Crippen molar-refractivity contribution in [1.29, 1.82) is 0 Å². The fraction of sp³-hybridized carbons (Fsp3) is 0.269. The van der Waals surface area contributed by atoms with Crippen LogP contribution in [0.25, 0.3) is 0 Å². The van der Waals surface area contributed by atoms with Crippen molar-refractivity contribution in [2.75, 3.05) is 7.11 Å². The molecule has 0 spiro atoms. The Bertz CT molecular complexity index is 1070. The van der Waals surface area contributed by atoms with Gasteiger partial charge in [-0.1, -0.05) is 42.5 Å². The Balaban J connectivity index is 1.50. The Morgan fingerprint density at radius 3 is 2.58 bits per heavy atom. The SMILES string of the molecule is COc1ccc([C@H]2NC(=O)O[C@@H]2CCC(O)c2ccc(F)cc2)c(OCc2ccccc2)c1. The van der Waals surface area contributed by atoms with Crippen molar-refractivity contribution in [3.63, 3.8) is 0 Å². The first-order valence-corrected chi connectivity index (χ1v) is 10.8. The summed E-state index contributed by atoms with van der Waals surface area (Å²) in [6.45, 7) is 0.358. The quantitative estimate of drug-likeness (QED) is 0.475. The van der Waals surface area contributed by atoms with Crippen molar-refractivity contribution in [3.8, 4) is 11.5 Å². The molecule has 1 aliphatic rings. The third-order valence-electron chi connectivity index (χ3n) is 5.68. The normalized spacial score (nSPS) is 18.3. The zero-order chi connectivity index (χ0) is 23.2. The lowest BCUT2D eigenvalue weighted by atomic mass is 9.95. The van der Waals surface area contributed by atoms with Gasteiger partial charge in [-0.2, -0.15) is 0 Å². The highest BCUT2D eigenvalue weighted by atomic mass is 19.1. The van der Waals surface area contributed by atoms with Crippen LogP contribution in [0, 0.1) is 5.82 Å². The van der Waals surface area contributed by atoms with Gasteiger partial charge in [0.15, 0.2) is 0 Å². The van der Waals surface area contributed by atoms with Gasteiger partial charge >= 0.3 is 6.09 Å². The van der Waals surface area contributed by atoms with E-state index in [4.69, 9.17) is 14.2 Å². The lowest BCUT2D eigenvalue weighted by Crippen LogP contribution is -2.24. The van der Waals surface area contributed by atoms with Gasteiger partial charge < -0.3 is 24.6 Å². The van der Waals surface area contributed by atoms with Crippen molar-refractivity contribution in [1.82, 2.24) is 5.32 Å². The molecule has 0 aliphatic carbocycles. The molecular weight excluding hydrogens is 425 g/mol. The highest BCUT2D eigenvalue weighted by Crippen LogP contribution is 2.37. The number of halogens is 1. The Labute approximate surface area is 191 Å². The second-order valence-corrected chi connectivity index (χ2v) is 7.89. The number of methoxy groups -OCH3 is 1. The van der Waals surface area contributed by atoms with E-state index in [1.807, 2.05) is 36.4 Å². The van der Waals surface area contributed by atoms with Gasteiger partial charge in [0, 0.05) is 11.6 Å². The third kappa shape index (κ3) is 5.62. The summed E-state index contributed by atoms with van der Waals surface area (Å²) >= 11 is 0. The summed E-state index contributed by atoms with van der Waals surface area (Å²) in [5.74, 6) is 0.857. The third-order valence-corrected chi connectivity index (χ3v) is 5.68. The minimum absolute atomic E-state index is 0.345. The molecule has 3 atom stereocenters. The first kappa shape index (κ1) is 22.6. The zero-order valence-corrected chi connectivity index (χ0v) is 18.2. The minimum atomic E-state index is -0.796. The molecule has 4 rings (SSSR count). The number of nitrogens with one attached hydrogen (secondary N) is 1. The van der Waals surface area contributed by atoms with E-state index in [0.29, 0.717) is 36.5 Å². The van der Waals surface area contributed by atoms with Crippen LogP contribution in [0.3, 0.4) is 0 Å². The Morgan fingerprint density at radius 2 is 1.85 bits per heavy atom. The summed E-state index contributed by atoms with van der Waals surface area (Å²) in [7, 11) is 1.58. The first-order valence-electron chi connectivity index (χ1n) is 10.8. The lowest BCUT2D eigenvalue weighted by molar-refractivity contribution is 0.100. The summed E-state index contributed by atoms with van der Waals surface area (Å²) < 4.78 is 30.1. The Kier molecular flexibility index (Phi) is 7.10. The summed E-state index contributed by atoms with van der Waals surface area (Å²) in [4.78, 5) is 12.1. The highest BCUT2D eigenvalue weighted by Gasteiger charge is 2.37. The van der Waals surface area contributed by atoms with Gasteiger partial charge in [0.2, 0.25) is 0 Å². The second kappa shape index (κ2) is 10.4. The highest BCUT2D eigenvalue weighted by molar-refractivity contribution is 5.71. The molecule has 3 aromatic rings. The smallest absolute Gasteiger partial charge is 0.408 e. The Morgan fingerprint density at radius 1 is 1.09 bits per heavy atom. The number of cyclic esters (lactones) is 1. The Hall–Kier alpha value is -3.58. The summed E-state index contributed by atoms with van der Waals surface area (Å²) in [6, 6.07) is 20.5. The molecule has 1 unspecified atom stereocenters. The molecule has 1 heterocycles. The molecule has 1 aliphatic heterocycles. The van der Waals surface area contributed by atoms with Gasteiger partial charge in [-0.15, -0.1) is 0 Å². The number of carbonyl (C=O) groups excluding carboxylic acids is 1. The number of amides is 1. The summed E-state index contributed by atoms with van der Waals surface area (Å²) in [6.07, 6.45) is -1.06. The summed E-state index contributed by atoms with van der Waals surface area (Å²) in [5, 5.41) is 13.4. The molecule has 1 fully saturated rings. The minimum Gasteiger partial charge on any atom is -0.497 e. The molecule has 6 nitrogen and oxygen atoms in total. The average Bonchev–Trinajstić information content (AvgIpc) is 3.22. The van der Waals surface area contributed by atoms with Crippen LogP contribution in [0.2, 0.25) is 0 Å². The van der Waals surface area contributed by atoms with Crippen molar-refractivity contribution in [3.05, 3.63) is 95.3 Å². The molecule has 2 N–H and O–H groups in total. The molecule has 33 heavy (non-hydrogen) atoms. The van der Waals surface area contributed by atoms with E-state index >= 15 is 0 Å². The number of carbonyl (C=O) groups is 1. The number of benzene rings is 3. The molecular formula is C26H26FNO5. The van der Waals surface area contributed by atoms with Gasteiger partial charge in [-0.25, -0.2) is 9.18 Å². The van der Waals surface area contributed by atoms with Crippen molar-refractivity contribution in [2.24, 2.45) is 0 Å². The monoisotopic (exact) mass is 451 g/mol. The number of alkyl carbamates (subject to hydrolysis) is 1. The van der Waals surface area contributed by atoms with Gasteiger partial charge in [0.05, 0.1) is 19.3 Å². The van der Waals surface area contributed by atoms with Crippen molar-refractivity contribution < 1.29 is 28.5 Å². The number of hydrogen-bond acceptors (Lipinski definition) is 5. The van der Waals surface area contributed by atoms with Crippen molar-refractivity contribution in [2.45, 2.75) is 37.7 Å². The maximum absolute atomic E-state index is 13.2. The van der Waals surface area contributed by atoms with Crippen LogP contribution < -0.4 is 14.8 Å². The van der Waals surface area contributed by atoms with Crippen LogP contribution in [0.4, 0.5) is 9.18 Å². The van der Waals surface area contributed by atoms with Gasteiger partial charge in [-0.3, -0.25) is 0 Å². The summed E-state index contributed by atoms with van der Waals surface area (Å²) in [5.41, 5.74) is 2.39. The predicted molar refractivity (Wildman–Crippen MR) is 121 cm³/mol. The van der Waals surface area contributed by atoms with E-state index in [-0.39, 0.29) is 5.82 Å². The molecule has 1 saturated heterocycles. The molecule has 7 heteroatoms. The maximum atomic E-state index is 13.2. The standard InChI is InChI=1S/C26H26FNO5/c1-31-20-11-12-21(24(15-20)32-16-17-5-3-2-4-6-17)25-23(33-26(30)28-25)14-13-22(29)18-7-9-19(27)10-8-18/h2-12,15,22-23,25,29H,13-14,16H2,1H3,(H,28,30)/t22?,23-,25-/m1/s1. The fourth-order valence-corrected chi connectivity index (χ4v) is 3.90.